The summed E-state index contributed by atoms with van der Waals surface area (Å²) >= 11 is 0. The molecule has 2 N–H and O–H groups in total. The number of nitrogens with one attached hydrogen (secondary N) is 2. The van der Waals surface area contributed by atoms with Gasteiger partial charge in [-0.3, -0.25) is 9.78 Å². The van der Waals surface area contributed by atoms with E-state index in [0.29, 0.717) is 5.56 Å². The van der Waals surface area contributed by atoms with Crippen LogP contribution in [-0.2, 0) is 0 Å². The van der Waals surface area contributed by atoms with E-state index < -0.39 is 0 Å². The smallest absolute Gasteiger partial charge is 0.272 e. The lowest BCUT2D eigenvalue weighted by Gasteiger charge is -2.06. The molecule has 0 saturated heterocycles. The number of fused-ring (bicyclic) bond motifs is 2. The zero-order valence-corrected chi connectivity index (χ0v) is 13.7. The second-order valence-electron chi connectivity index (χ2n) is 5.82. The molecule has 0 radical (unpaired) electrons. The minimum Gasteiger partial charge on any atom is -0.361 e. The number of nitrogens with zero attached hydrogens (tertiary/aromatic N) is 2. The van der Waals surface area contributed by atoms with E-state index in [-0.39, 0.29) is 5.91 Å². The monoisotopic (exact) mass is 328 g/mol. The SMILES string of the molecule is Cc1cc(C(=O)N/N=C\c2c[nH]c3ccccc23)c2ccccc2n1. The average Bonchev–Trinajstić information content (AvgIpc) is 3.04. The molecule has 5 nitrogen and oxygen atoms in total. The zero-order chi connectivity index (χ0) is 17.2. The maximum absolute atomic E-state index is 12.5. The quantitative estimate of drug-likeness (QED) is 0.444. The van der Waals surface area contributed by atoms with Crippen LogP contribution < -0.4 is 5.43 Å². The summed E-state index contributed by atoms with van der Waals surface area (Å²) < 4.78 is 0. The Kier molecular flexibility index (Phi) is 3.74. The first kappa shape index (κ1) is 15.1. The predicted octanol–water partition coefficient (Wildman–Crippen LogP) is 3.79. The summed E-state index contributed by atoms with van der Waals surface area (Å²) in [5, 5.41) is 5.99. The molecule has 2 aromatic heterocycles. The molecule has 122 valence electrons. The third-order valence-corrected chi connectivity index (χ3v) is 4.08. The number of carbonyl (C=O) groups excluding carboxylic acids is 1. The van der Waals surface area contributed by atoms with Gasteiger partial charge in [-0.2, -0.15) is 5.10 Å². The fourth-order valence-corrected chi connectivity index (χ4v) is 2.92. The van der Waals surface area contributed by atoms with Crippen LogP contribution >= 0.6 is 0 Å². The lowest BCUT2D eigenvalue weighted by Crippen LogP contribution is -2.18. The van der Waals surface area contributed by atoms with E-state index in [4.69, 9.17) is 0 Å². The summed E-state index contributed by atoms with van der Waals surface area (Å²) in [6, 6.07) is 17.3. The largest absolute Gasteiger partial charge is 0.361 e. The van der Waals surface area contributed by atoms with Gasteiger partial charge in [0.25, 0.3) is 5.91 Å². The molecule has 4 rings (SSSR count). The van der Waals surface area contributed by atoms with Crippen LogP contribution in [0.1, 0.15) is 21.6 Å². The standard InChI is InChI=1S/C20H16N4O/c1-13-10-17(16-7-3-5-9-19(16)23-13)20(25)24-22-12-14-11-21-18-8-4-2-6-15(14)18/h2-12,21H,1H3,(H,24,25)/b22-12-. The molecule has 2 heterocycles. The Bertz CT molecular complexity index is 1110. The van der Waals surface area contributed by atoms with Crippen molar-refractivity contribution in [3.05, 3.63) is 77.6 Å². The maximum atomic E-state index is 12.5. The molecule has 0 atom stereocenters. The van der Waals surface area contributed by atoms with Crippen molar-refractivity contribution in [1.29, 1.82) is 0 Å². The molecule has 1 amide bonds. The summed E-state index contributed by atoms with van der Waals surface area (Å²) in [6.45, 7) is 1.87. The van der Waals surface area contributed by atoms with Gasteiger partial charge in [0.2, 0.25) is 0 Å². The molecular weight excluding hydrogens is 312 g/mol. The van der Waals surface area contributed by atoms with Gasteiger partial charge in [0.15, 0.2) is 0 Å². The number of carbonyl (C=O) groups is 1. The van der Waals surface area contributed by atoms with Crippen LogP contribution in [0.25, 0.3) is 21.8 Å². The van der Waals surface area contributed by atoms with E-state index in [9.17, 15) is 4.79 Å². The molecule has 0 saturated carbocycles. The van der Waals surface area contributed by atoms with Crippen molar-refractivity contribution in [1.82, 2.24) is 15.4 Å². The van der Waals surface area contributed by atoms with E-state index in [2.05, 4.69) is 20.5 Å². The number of amides is 1. The third-order valence-electron chi connectivity index (χ3n) is 4.08. The van der Waals surface area contributed by atoms with Gasteiger partial charge in [0, 0.05) is 33.7 Å². The first-order valence-corrected chi connectivity index (χ1v) is 7.98. The van der Waals surface area contributed by atoms with Gasteiger partial charge >= 0.3 is 0 Å². The number of aromatic amines is 1. The van der Waals surface area contributed by atoms with Crippen LogP contribution in [0, 0.1) is 6.92 Å². The molecule has 2 aromatic carbocycles. The number of rotatable bonds is 3. The van der Waals surface area contributed by atoms with Crippen molar-refractivity contribution in [3.63, 3.8) is 0 Å². The van der Waals surface area contributed by atoms with Gasteiger partial charge < -0.3 is 4.98 Å². The van der Waals surface area contributed by atoms with Crippen molar-refractivity contribution in [3.8, 4) is 0 Å². The molecule has 4 aromatic rings. The van der Waals surface area contributed by atoms with Gasteiger partial charge in [-0.1, -0.05) is 36.4 Å². The number of para-hydroxylation sites is 2. The van der Waals surface area contributed by atoms with E-state index in [0.717, 1.165) is 33.1 Å². The van der Waals surface area contributed by atoms with E-state index in [1.54, 1.807) is 12.3 Å². The van der Waals surface area contributed by atoms with Gasteiger partial charge in [-0.05, 0) is 25.1 Å². The highest BCUT2D eigenvalue weighted by Gasteiger charge is 2.11. The summed E-state index contributed by atoms with van der Waals surface area (Å²) in [5.41, 5.74) is 6.73. The fraction of sp³-hybridized carbons (Fsp3) is 0.0500. The number of benzene rings is 2. The fourth-order valence-electron chi connectivity index (χ4n) is 2.92. The van der Waals surface area contributed by atoms with Crippen LogP contribution in [-0.4, -0.2) is 22.1 Å². The number of H-pyrrole nitrogens is 1. The number of hydrogen-bond donors (Lipinski definition) is 2. The van der Waals surface area contributed by atoms with Crippen molar-refractivity contribution in [2.45, 2.75) is 6.92 Å². The lowest BCUT2D eigenvalue weighted by molar-refractivity contribution is 0.0956. The molecule has 0 spiro atoms. The van der Waals surface area contributed by atoms with Crippen molar-refractivity contribution in [2.75, 3.05) is 0 Å². The van der Waals surface area contributed by atoms with Crippen LogP contribution in [0.3, 0.4) is 0 Å². The molecule has 0 aliphatic rings. The molecule has 0 bridgehead atoms. The molecule has 5 heteroatoms. The topological polar surface area (TPSA) is 70.1 Å². The van der Waals surface area contributed by atoms with Crippen molar-refractivity contribution in [2.24, 2.45) is 5.10 Å². The molecule has 25 heavy (non-hydrogen) atoms. The van der Waals surface area contributed by atoms with Gasteiger partial charge in [0.05, 0.1) is 17.3 Å². The van der Waals surface area contributed by atoms with Crippen LogP contribution in [0.2, 0.25) is 0 Å². The number of aryl methyl sites for hydroxylation is 1. The van der Waals surface area contributed by atoms with Gasteiger partial charge in [-0.15, -0.1) is 0 Å². The number of hydrogen-bond acceptors (Lipinski definition) is 3. The predicted molar refractivity (Wildman–Crippen MR) is 99.8 cm³/mol. The number of pyridine rings is 1. The third kappa shape index (κ3) is 2.87. The molecule has 0 unspecified atom stereocenters. The Morgan fingerprint density at radius 3 is 2.76 bits per heavy atom. The zero-order valence-electron chi connectivity index (χ0n) is 13.7. The second-order valence-corrected chi connectivity index (χ2v) is 5.82. The molecule has 0 aliphatic heterocycles. The van der Waals surface area contributed by atoms with E-state index in [1.165, 1.54) is 0 Å². The summed E-state index contributed by atoms with van der Waals surface area (Å²) in [4.78, 5) is 20.2. The Balaban J connectivity index is 1.60. The molecular formula is C20H16N4O. The Morgan fingerprint density at radius 2 is 1.88 bits per heavy atom. The normalized spacial score (nSPS) is 11.4. The number of hydrazone groups is 1. The first-order valence-electron chi connectivity index (χ1n) is 7.98. The average molecular weight is 328 g/mol. The number of aromatic nitrogens is 2. The van der Waals surface area contributed by atoms with Crippen LogP contribution in [0.5, 0.6) is 0 Å². The molecule has 0 aliphatic carbocycles. The summed E-state index contributed by atoms with van der Waals surface area (Å²) in [7, 11) is 0. The Labute approximate surface area is 144 Å². The van der Waals surface area contributed by atoms with Gasteiger partial charge in [0.1, 0.15) is 0 Å². The van der Waals surface area contributed by atoms with Crippen LogP contribution in [0.15, 0.2) is 65.9 Å². The Hall–Kier alpha value is -3.47. The summed E-state index contributed by atoms with van der Waals surface area (Å²) in [6.07, 6.45) is 3.51. The van der Waals surface area contributed by atoms with Crippen molar-refractivity contribution >= 4 is 33.9 Å². The summed E-state index contributed by atoms with van der Waals surface area (Å²) in [5.74, 6) is -0.252. The van der Waals surface area contributed by atoms with Crippen LogP contribution in [0.4, 0.5) is 0 Å². The van der Waals surface area contributed by atoms with Gasteiger partial charge in [-0.25, -0.2) is 5.43 Å². The second kappa shape index (κ2) is 6.20. The van der Waals surface area contributed by atoms with E-state index in [1.807, 2.05) is 61.7 Å². The highest BCUT2D eigenvalue weighted by atomic mass is 16.2. The minimum absolute atomic E-state index is 0.252. The minimum atomic E-state index is -0.252. The highest BCUT2D eigenvalue weighted by molar-refractivity contribution is 6.06. The van der Waals surface area contributed by atoms with E-state index >= 15 is 0 Å². The first-order chi connectivity index (χ1) is 12.2. The Morgan fingerprint density at radius 1 is 1.12 bits per heavy atom. The molecule has 0 fully saturated rings. The lowest BCUT2D eigenvalue weighted by atomic mass is 10.1. The van der Waals surface area contributed by atoms with Crippen molar-refractivity contribution < 1.29 is 4.79 Å². The highest BCUT2D eigenvalue weighted by Crippen LogP contribution is 2.18. The maximum Gasteiger partial charge on any atom is 0.272 e.